The summed E-state index contributed by atoms with van der Waals surface area (Å²) in [5.74, 6) is 1.08. The molecule has 3 rings (SSSR count). The van der Waals surface area contributed by atoms with Crippen molar-refractivity contribution in [3.63, 3.8) is 0 Å². The van der Waals surface area contributed by atoms with E-state index < -0.39 is 0 Å². The summed E-state index contributed by atoms with van der Waals surface area (Å²) in [7, 11) is 1.59. The third-order valence-electron chi connectivity index (χ3n) is 3.20. The van der Waals surface area contributed by atoms with Crippen molar-refractivity contribution >= 4 is 6.29 Å². The molecule has 1 N–H and O–H groups in total. The number of carbonyl (C=O) groups excluding carboxylic acids is 1. The number of phenols is 1. The zero-order chi connectivity index (χ0) is 15.5. The number of hydrogen-bond donors (Lipinski definition) is 1. The van der Waals surface area contributed by atoms with Crippen molar-refractivity contribution in [3.8, 4) is 34.3 Å². The molecule has 0 aliphatic carbocycles. The van der Waals surface area contributed by atoms with Crippen LogP contribution in [0, 0.1) is 0 Å². The Kier molecular flexibility index (Phi) is 3.57. The lowest BCUT2D eigenvalue weighted by atomic mass is 10.1. The molecule has 0 spiro atoms. The molecule has 6 heteroatoms. The smallest absolute Gasteiger partial charge is 0.258 e. The number of carbonyl (C=O) groups is 1. The summed E-state index contributed by atoms with van der Waals surface area (Å²) in [4.78, 5) is 15.1. The maximum absolute atomic E-state index is 10.9. The summed E-state index contributed by atoms with van der Waals surface area (Å²) in [6.07, 6.45) is 0.573. The van der Waals surface area contributed by atoms with E-state index in [1.807, 2.05) is 0 Å². The van der Waals surface area contributed by atoms with Crippen molar-refractivity contribution in [1.82, 2.24) is 10.1 Å². The normalized spacial score (nSPS) is 10.4. The van der Waals surface area contributed by atoms with Gasteiger partial charge in [0.15, 0.2) is 6.29 Å². The number of ether oxygens (including phenoxy) is 1. The minimum atomic E-state index is -0.167. The van der Waals surface area contributed by atoms with Gasteiger partial charge in [0.05, 0.1) is 18.2 Å². The maximum atomic E-state index is 10.9. The van der Waals surface area contributed by atoms with Crippen LogP contribution in [0.15, 0.2) is 47.0 Å². The maximum Gasteiger partial charge on any atom is 0.258 e. The standard InChI is InChI=1S/C16H12N2O4/c1-21-12-7-5-10(6-8-12)16-17-15(18-22-16)13-4-2-3-11(9-19)14(13)20/h2-9,20H,1H3. The first-order valence-corrected chi connectivity index (χ1v) is 6.48. The van der Waals surface area contributed by atoms with Crippen molar-refractivity contribution < 1.29 is 19.2 Å². The predicted octanol–water partition coefficient (Wildman–Crippen LogP) is 2.93. The van der Waals surface area contributed by atoms with Gasteiger partial charge in [-0.25, -0.2) is 0 Å². The first-order valence-electron chi connectivity index (χ1n) is 6.48. The number of para-hydroxylation sites is 1. The molecule has 1 aromatic heterocycles. The van der Waals surface area contributed by atoms with Crippen LogP contribution in [0.4, 0.5) is 0 Å². The van der Waals surface area contributed by atoms with Gasteiger partial charge < -0.3 is 14.4 Å². The molecule has 0 saturated heterocycles. The zero-order valence-corrected chi connectivity index (χ0v) is 11.7. The van der Waals surface area contributed by atoms with Gasteiger partial charge in [0.2, 0.25) is 5.82 Å². The van der Waals surface area contributed by atoms with Crippen molar-refractivity contribution in [2.45, 2.75) is 0 Å². The molecule has 0 bridgehead atoms. The van der Waals surface area contributed by atoms with Gasteiger partial charge in [0.25, 0.3) is 5.89 Å². The quantitative estimate of drug-likeness (QED) is 0.745. The molecule has 0 radical (unpaired) electrons. The van der Waals surface area contributed by atoms with Gasteiger partial charge >= 0.3 is 0 Å². The number of benzene rings is 2. The average Bonchev–Trinajstić information content (AvgIpc) is 3.05. The number of phenolic OH excluding ortho intramolecular Hbond substituents is 1. The monoisotopic (exact) mass is 296 g/mol. The third kappa shape index (κ3) is 2.42. The summed E-state index contributed by atoms with van der Waals surface area (Å²) in [6.45, 7) is 0. The number of methoxy groups -OCH3 is 1. The van der Waals surface area contributed by atoms with Crippen LogP contribution in [0.5, 0.6) is 11.5 Å². The summed E-state index contributed by atoms with van der Waals surface area (Å²) in [5, 5.41) is 13.9. The van der Waals surface area contributed by atoms with Crippen molar-refractivity contribution in [1.29, 1.82) is 0 Å². The second kappa shape index (κ2) is 5.69. The Labute approximate surface area is 126 Å². The van der Waals surface area contributed by atoms with E-state index >= 15 is 0 Å². The number of hydrogen-bond acceptors (Lipinski definition) is 6. The molecule has 3 aromatic rings. The highest BCUT2D eigenvalue weighted by atomic mass is 16.5. The Morgan fingerprint density at radius 2 is 1.95 bits per heavy atom. The Morgan fingerprint density at radius 1 is 1.18 bits per heavy atom. The van der Waals surface area contributed by atoms with E-state index in [2.05, 4.69) is 10.1 Å². The number of aldehydes is 1. The molecule has 110 valence electrons. The average molecular weight is 296 g/mol. The first kappa shape index (κ1) is 13.8. The van der Waals surface area contributed by atoms with Gasteiger partial charge in [-0.15, -0.1) is 0 Å². The summed E-state index contributed by atoms with van der Waals surface area (Å²) >= 11 is 0. The van der Waals surface area contributed by atoms with E-state index in [-0.39, 0.29) is 17.1 Å². The summed E-state index contributed by atoms with van der Waals surface area (Å²) in [5.41, 5.74) is 1.24. The number of nitrogens with zero attached hydrogens (tertiary/aromatic N) is 2. The van der Waals surface area contributed by atoms with Gasteiger partial charge in [0, 0.05) is 5.56 Å². The fourth-order valence-electron chi connectivity index (χ4n) is 2.02. The highest BCUT2D eigenvalue weighted by Crippen LogP contribution is 2.31. The molecule has 0 aliphatic rings. The molecular weight excluding hydrogens is 284 g/mol. The summed E-state index contributed by atoms with van der Waals surface area (Å²) < 4.78 is 10.3. The zero-order valence-electron chi connectivity index (χ0n) is 11.7. The van der Waals surface area contributed by atoms with E-state index in [0.29, 0.717) is 17.7 Å². The molecule has 0 fully saturated rings. The molecule has 2 aromatic carbocycles. The van der Waals surface area contributed by atoms with Gasteiger partial charge in [0.1, 0.15) is 11.5 Å². The molecule has 0 aliphatic heterocycles. The summed E-state index contributed by atoms with van der Waals surface area (Å²) in [6, 6.07) is 11.9. The fourth-order valence-corrected chi connectivity index (χ4v) is 2.02. The van der Waals surface area contributed by atoms with E-state index in [9.17, 15) is 9.90 Å². The first-order chi connectivity index (χ1) is 10.7. The molecule has 0 unspecified atom stereocenters. The Morgan fingerprint density at radius 3 is 2.64 bits per heavy atom. The van der Waals surface area contributed by atoms with Crippen LogP contribution in [0.2, 0.25) is 0 Å². The molecule has 0 amide bonds. The van der Waals surface area contributed by atoms with Crippen LogP contribution < -0.4 is 4.74 Å². The highest BCUT2D eigenvalue weighted by Gasteiger charge is 2.15. The van der Waals surface area contributed by atoms with E-state index in [1.165, 1.54) is 6.07 Å². The topological polar surface area (TPSA) is 85.5 Å². The minimum Gasteiger partial charge on any atom is -0.506 e. The lowest BCUT2D eigenvalue weighted by Crippen LogP contribution is -1.87. The molecule has 1 heterocycles. The fraction of sp³-hybridized carbons (Fsp3) is 0.0625. The van der Waals surface area contributed by atoms with Crippen LogP contribution in [0.3, 0.4) is 0 Å². The van der Waals surface area contributed by atoms with Crippen LogP contribution in [0.25, 0.3) is 22.8 Å². The van der Waals surface area contributed by atoms with Gasteiger partial charge in [-0.05, 0) is 36.4 Å². The van der Waals surface area contributed by atoms with Crippen LogP contribution in [-0.4, -0.2) is 28.6 Å². The van der Waals surface area contributed by atoms with Gasteiger partial charge in [-0.3, -0.25) is 4.79 Å². The molecule has 0 atom stereocenters. The van der Waals surface area contributed by atoms with Crippen molar-refractivity contribution in [2.75, 3.05) is 7.11 Å². The van der Waals surface area contributed by atoms with E-state index in [1.54, 1.807) is 43.5 Å². The molecule has 22 heavy (non-hydrogen) atoms. The third-order valence-corrected chi connectivity index (χ3v) is 3.20. The minimum absolute atomic E-state index is 0.167. The van der Waals surface area contributed by atoms with Crippen LogP contribution in [-0.2, 0) is 0 Å². The largest absolute Gasteiger partial charge is 0.506 e. The van der Waals surface area contributed by atoms with E-state index in [4.69, 9.17) is 9.26 Å². The second-order valence-corrected chi connectivity index (χ2v) is 4.51. The Hall–Kier alpha value is -3.15. The SMILES string of the molecule is COc1ccc(-c2nc(-c3cccc(C=O)c3O)no2)cc1. The van der Waals surface area contributed by atoms with E-state index in [0.717, 1.165) is 11.3 Å². The lowest BCUT2D eigenvalue weighted by Gasteiger charge is -2.01. The van der Waals surface area contributed by atoms with Crippen molar-refractivity contribution in [3.05, 3.63) is 48.0 Å². The molecule has 0 saturated carbocycles. The van der Waals surface area contributed by atoms with Crippen LogP contribution >= 0.6 is 0 Å². The molecule has 6 nitrogen and oxygen atoms in total. The van der Waals surface area contributed by atoms with Crippen molar-refractivity contribution in [2.24, 2.45) is 0 Å². The van der Waals surface area contributed by atoms with Gasteiger partial charge in [-0.1, -0.05) is 11.2 Å². The molecular formula is C16H12N2O4. The lowest BCUT2D eigenvalue weighted by molar-refractivity contribution is 0.112. The number of aromatic nitrogens is 2. The Bertz CT molecular complexity index is 809. The highest BCUT2D eigenvalue weighted by molar-refractivity contribution is 5.84. The number of rotatable bonds is 4. The Balaban J connectivity index is 1.98. The number of aromatic hydroxyl groups is 1. The predicted molar refractivity (Wildman–Crippen MR) is 78.8 cm³/mol. The van der Waals surface area contributed by atoms with Gasteiger partial charge in [-0.2, -0.15) is 4.98 Å². The second-order valence-electron chi connectivity index (χ2n) is 4.51. The van der Waals surface area contributed by atoms with Crippen LogP contribution in [0.1, 0.15) is 10.4 Å².